The van der Waals surface area contributed by atoms with Gasteiger partial charge < -0.3 is 14.8 Å². The van der Waals surface area contributed by atoms with E-state index in [0.717, 1.165) is 5.56 Å². The van der Waals surface area contributed by atoms with Gasteiger partial charge in [-0.25, -0.2) is 8.42 Å². The van der Waals surface area contributed by atoms with Gasteiger partial charge in [-0.3, -0.25) is 4.79 Å². The number of carbonyl (C=O) groups excluding carboxylic acids is 1. The van der Waals surface area contributed by atoms with Crippen LogP contribution in [0, 0.1) is 6.92 Å². The lowest BCUT2D eigenvalue weighted by molar-refractivity contribution is 0.0920. The van der Waals surface area contributed by atoms with E-state index in [1.807, 2.05) is 6.92 Å². The smallest absolute Gasteiger partial charge is 0.255 e. The quantitative estimate of drug-likeness (QED) is 0.662. The molecule has 1 saturated heterocycles. The van der Waals surface area contributed by atoms with Gasteiger partial charge in [-0.2, -0.15) is 4.31 Å². The molecule has 7 nitrogen and oxygen atoms in total. The first-order chi connectivity index (χ1) is 14.3. The van der Waals surface area contributed by atoms with Gasteiger partial charge in [-0.15, -0.1) is 0 Å². The Labute approximate surface area is 185 Å². The minimum absolute atomic E-state index is 0.128. The predicted octanol–water partition coefficient (Wildman–Crippen LogP) is 3.36. The summed E-state index contributed by atoms with van der Waals surface area (Å²) in [5.74, 6) is 0.672. The molecule has 0 unspecified atom stereocenters. The molecule has 0 aromatic heterocycles. The number of hydrogen-bond acceptors (Lipinski definition) is 5. The maximum Gasteiger partial charge on any atom is 0.255 e. The monoisotopic (exact) mass is 496 g/mol. The second kappa shape index (κ2) is 9.36. The third-order valence-corrected chi connectivity index (χ3v) is 7.65. The molecule has 2 aromatic rings. The van der Waals surface area contributed by atoms with Crippen LogP contribution >= 0.6 is 15.9 Å². The standard InChI is InChI=1S/C21H25BrN2O5S/c1-14-4-6-17(7-5-14)30(26,27)24-10-8-15(9-11-24)23-21(25)18-12-16(28-2)13-19(22)20(18)29-3/h4-7,12-13,15H,8-11H2,1-3H3,(H,23,25). The maximum atomic E-state index is 12.8. The van der Waals surface area contributed by atoms with E-state index in [1.165, 1.54) is 18.5 Å². The van der Waals surface area contributed by atoms with Gasteiger partial charge >= 0.3 is 0 Å². The number of methoxy groups -OCH3 is 2. The van der Waals surface area contributed by atoms with Crippen molar-refractivity contribution in [3.63, 3.8) is 0 Å². The third-order valence-electron chi connectivity index (χ3n) is 5.15. The van der Waals surface area contributed by atoms with Crippen molar-refractivity contribution in [1.82, 2.24) is 9.62 Å². The summed E-state index contributed by atoms with van der Waals surface area (Å²) in [6, 6.07) is 10.1. The van der Waals surface area contributed by atoms with Gasteiger partial charge in [0, 0.05) is 19.1 Å². The van der Waals surface area contributed by atoms with E-state index >= 15 is 0 Å². The van der Waals surface area contributed by atoms with Crippen molar-refractivity contribution in [3.05, 3.63) is 52.0 Å². The van der Waals surface area contributed by atoms with Crippen LogP contribution in [0.2, 0.25) is 0 Å². The van der Waals surface area contributed by atoms with Crippen LogP contribution in [0.15, 0.2) is 45.8 Å². The fourth-order valence-electron chi connectivity index (χ4n) is 3.43. The Hall–Kier alpha value is -2.10. The molecule has 1 fully saturated rings. The second-order valence-electron chi connectivity index (χ2n) is 7.15. The molecule has 2 aromatic carbocycles. The molecule has 0 radical (unpaired) electrons. The van der Waals surface area contributed by atoms with E-state index in [0.29, 0.717) is 52.4 Å². The summed E-state index contributed by atoms with van der Waals surface area (Å²) in [4.78, 5) is 13.1. The fraction of sp³-hybridized carbons (Fsp3) is 0.381. The molecule has 1 aliphatic heterocycles. The van der Waals surface area contributed by atoms with E-state index in [9.17, 15) is 13.2 Å². The summed E-state index contributed by atoms with van der Waals surface area (Å²) in [7, 11) is -0.505. The Kier molecular flexibility index (Phi) is 7.05. The number of benzene rings is 2. The van der Waals surface area contributed by atoms with Gasteiger partial charge in [-0.1, -0.05) is 17.7 Å². The molecule has 9 heteroatoms. The lowest BCUT2D eigenvalue weighted by atomic mass is 10.1. The number of rotatable bonds is 6. The highest BCUT2D eigenvalue weighted by atomic mass is 79.9. The average Bonchev–Trinajstić information content (AvgIpc) is 2.73. The summed E-state index contributed by atoms with van der Waals surface area (Å²) in [6.07, 6.45) is 1.06. The van der Waals surface area contributed by atoms with Crippen molar-refractivity contribution in [2.24, 2.45) is 0 Å². The lowest BCUT2D eigenvalue weighted by Crippen LogP contribution is -2.46. The number of carbonyl (C=O) groups is 1. The van der Waals surface area contributed by atoms with Gasteiger partial charge in [0.25, 0.3) is 5.91 Å². The molecule has 3 rings (SSSR count). The van der Waals surface area contributed by atoms with Crippen molar-refractivity contribution in [2.45, 2.75) is 30.7 Å². The molecule has 0 bridgehead atoms. The molecule has 1 aliphatic rings. The topological polar surface area (TPSA) is 84.9 Å². The Balaban J connectivity index is 1.67. The minimum atomic E-state index is -3.53. The number of piperidine rings is 1. The fourth-order valence-corrected chi connectivity index (χ4v) is 5.50. The molecular weight excluding hydrogens is 472 g/mol. The van der Waals surface area contributed by atoms with Crippen LogP contribution in [0.1, 0.15) is 28.8 Å². The number of sulfonamides is 1. The van der Waals surface area contributed by atoms with Crippen LogP contribution in [0.25, 0.3) is 0 Å². The number of nitrogens with one attached hydrogen (secondary N) is 1. The van der Waals surface area contributed by atoms with E-state index in [-0.39, 0.29) is 11.9 Å². The summed E-state index contributed by atoms with van der Waals surface area (Å²) >= 11 is 3.39. The second-order valence-corrected chi connectivity index (χ2v) is 9.95. The van der Waals surface area contributed by atoms with Crippen LogP contribution in [0.4, 0.5) is 0 Å². The summed E-state index contributed by atoms with van der Waals surface area (Å²) in [5.41, 5.74) is 1.37. The molecule has 0 atom stereocenters. The van der Waals surface area contributed by atoms with Crippen LogP contribution in [-0.4, -0.2) is 52.0 Å². The summed E-state index contributed by atoms with van der Waals surface area (Å²) in [6.45, 7) is 2.61. The Morgan fingerprint density at radius 2 is 1.73 bits per heavy atom. The van der Waals surface area contributed by atoms with E-state index < -0.39 is 10.0 Å². The normalized spacial score (nSPS) is 15.6. The van der Waals surface area contributed by atoms with Crippen molar-refractivity contribution in [2.75, 3.05) is 27.3 Å². The van der Waals surface area contributed by atoms with E-state index in [1.54, 1.807) is 36.4 Å². The number of amides is 1. The van der Waals surface area contributed by atoms with Gasteiger partial charge in [0.15, 0.2) is 0 Å². The molecule has 0 saturated carbocycles. The summed E-state index contributed by atoms with van der Waals surface area (Å²) in [5, 5.41) is 2.99. The van der Waals surface area contributed by atoms with Crippen molar-refractivity contribution >= 4 is 31.9 Å². The van der Waals surface area contributed by atoms with Crippen LogP contribution in [0.3, 0.4) is 0 Å². The molecule has 1 heterocycles. The lowest BCUT2D eigenvalue weighted by Gasteiger charge is -2.31. The highest BCUT2D eigenvalue weighted by Crippen LogP contribution is 2.33. The Morgan fingerprint density at radius 3 is 2.30 bits per heavy atom. The largest absolute Gasteiger partial charge is 0.497 e. The first kappa shape index (κ1) is 22.6. The maximum absolute atomic E-state index is 12.8. The van der Waals surface area contributed by atoms with Crippen molar-refractivity contribution in [3.8, 4) is 11.5 Å². The van der Waals surface area contributed by atoms with Gasteiger partial charge in [0.05, 0.1) is 29.2 Å². The molecule has 0 spiro atoms. The highest BCUT2D eigenvalue weighted by Gasteiger charge is 2.30. The number of hydrogen-bond donors (Lipinski definition) is 1. The van der Waals surface area contributed by atoms with E-state index in [4.69, 9.17) is 9.47 Å². The number of aryl methyl sites for hydroxylation is 1. The third kappa shape index (κ3) is 4.79. The van der Waals surface area contributed by atoms with Crippen LogP contribution < -0.4 is 14.8 Å². The molecule has 0 aliphatic carbocycles. The molecular formula is C21H25BrN2O5S. The highest BCUT2D eigenvalue weighted by molar-refractivity contribution is 9.10. The molecule has 162 valence electrons. The first-order valence-electron chi connectivity index (χ1n) is 9.55. The zero-order chi connectivity index (χ0) is 21.9. The van der Waals surface area contributed by atoms with Gasteiger partial charge in [-0.05, 0) is 60.0 Å². The van der Waals surface area contributed by atoms with Gasteiger partial charge in [0.2, 0.25) is 10.0 Å². The zero-order valence-corrected chi connectivity index (χ0v) is 19.5. The van der Waals surface area contributed by atoms with Crippen LogP contribution in [0.5, 0.6) is 11.5 Å². The van der Waals surface area contributed by atoms with Crippen molar-refractivity contribution < 1.29 is 22.7 Å². The molecule has 1 N–H and O–H groups in total. The number of halogens is 1. The van der Waals surface area contributed by atoms with Crippen LogP contribution in [-0.2, 0) is 10.0 Å². The molecule has 30 heavy (non-hydrogen) atoms. The number of ether oxygens (including phenoxy) is 2. The SMILES string of the molecule is COc1cc(Br)c(OC)c(C(=O)NC2CCN(S(=O)(=O)c3ccc(C)cc3)CC2)c1. The van der Waals surface area contributed by atoms with E-state index in [2.05, 4.69) is 21.2 Å². The molecule has 1 amide bonds. The summed E-state index contributed by atoms with van der Waals surface area (Å²) < 4.78 is 38.4. The predicted molar refractivity (Wildman–Crippen MR) is 118 cm³/mol. The van der Waals surface area contributed by atoms with Crippen molar-refractivity contribution in [1.29, 1.82) is 0 Å². The zero-order valence-electron chi connectivity index (χ0n) is 17.1. The first-order valence-corrected chi connectivity index (χ1v) is 11.8. The Morgan fingerprint density at radius 1 is 1.10 bits per heavy atom. The minimum Gasteiger partial charge on any atom is -0.497 e. The number of nitrogens with zero attached hydrogens (tertiary/aromatic N) is 1. The van der Waals surface area contributed by atoms with Gasteiger partial charge in [0.1, 0.15) is 11.5 Å². The average molecular weight is 497 g/mol. The Bertz CT molecular complexity index is 1020.